The van der Waals surface area contributed by atoms with Gasteiger partial charge in [0.1, 0.15) is 0 Å². The largest absolute Gasteiger partial charge is 0.401 e. The van der Waals surface area contributed by atoms with Crippen LogP contribution in [-0.4, -0.2) is 48.5 Å². The highest BCUT2D eigenvalue weighted by atomic mass is 19.4. The molecular weight excluding hydrogens is 281 g/mol. The highest BCUT2D eigenvalue weighted by Gasteiger charge is 2.32. The van der Waals surface area contributed by atoms with E-state index in [0.717, 1.165) is 5.56 Å². The van der Waals surface area contributed by atoms with E-state index >= 15 is 0 Å². The summed E-state index contributed by atoms with van der Waals surface area (Å²) in [5.74, 6) is 0. The maximum atomic E-state index is 12.3. The van der Waals surface area contributed by atoms with Gasteiger partial charge >= 0.3 is 6.18 Å². The van der Waals surface area contributed by atoms with Gasteiger partial charge in [-0.3, -0.25) is 4.90 Å². The number of rotatable bonds is 5. The molecule has 1 atom stereocenters. The zero-order valence-electron chi connectivity index (χ0n) is 11.8. The van der Waals surface area contributed by atoms with Crippen LogP contribution in [0.1, 0.15) is 24.4 Å². The Kier molecular flexibility index (Phi) is 5.61. The lowest BCUT2D eigenvalue weighted by Gasteiger charge is -2.34. The normalized spacial score (nSPS) is 19.6. The lowest BCUT2D eigenvalue weighted by Crippen LogP contribution is -2.46. The van der Waals surface area contributed by atoms with E-state index in [4.69, 9.17) is 0 Å². The first-order valence-corrected chi connectivity index (χ1v) is 7.19. The number of hydrogen-bond acceptors (Lipinski definition) is 3. The average molecular weight is 302 g/mol. The predicted molar refractivity (Wildman–Crippen MR) is 74.9 cm³/mol. The summed E-state index contributed by atoms with van der Waals surface area (Å²) in [4.78, 5) is 1.44. The smallest absolute Gasteiger partial charge is 0.394 e. The van der Waals surface area contributed by atoms with Crippen LogP contribution < -0.4 is 5.32 Å². The van der Waals surface area contributed by atoms with Gasteiger partial charge in [0.2, 0.25) is 0 Å². The van der Waals surface area contributed by atoms with Gasteiger partial charge in [-0.1, -0.05) is 30.3 Å². The third-order valence-electron chi connectivity index (χ3n) is 3.81. The summed E-state index contributed by atoms with van der Waals surface area (Å²) in [6.07, 6.45) is -2.79. The van der Waals surface area contributed by atoms with E-state index in [0.29, 0.717) is 25.9 Å². The molecule has 1 aliphatic heterocycles. The Hall–Kier alpha value is -1.11. The molecule has 1 aromatic carbocycles. The van der Waals surface area contributed by atoms with Gasteiger partial charge < -0.3 is 10.4 Å². The SMILES string of the molecule is OC[C@@H](NC1CCN(CC(F)(F)F)CC1)c1ccccc1. The topological polar surface area (TPSA) is 35.5 Å². The zero-order valence-corrected chi connectivity index (χ0v) is 11.8. The highest BCUT2D eigenvalue weighted by Crippen LogP contribution is 2.21. The molecule has 1 fully saturated rings. The van der Waals surface area contributed by atoms with Gasteiger partial charge in [0.05, 0.1) is 19.2 Å². The van der Waals surface area contributed by atoms with Crippen LogP contribution >= 0.6 is 0 Å². The number of hydrogen-bond donors (Lipinski definition) is 2. The molecule has 118 valence electrons. The Morgan fingerprint density at radius 2 is 1.81 bits per heavy atom. The number of halogens is 3. The Labute approximate surface area is 122 Å². The molecule has 3 nitrogen and oxygen atoms in total. The lowest BCUT2D eigenvalue weighted by atomic mass is 10.0. The number of piperidine rings is 1. The Balaban J connectivity index is 1.82. The van der Waals surface area contributed by atoms with Gasteiger partial charge in [0, 0.05) is 6.04 Å². The number of likely N-dealkylation sites (tertiary alicyclic amines) is 1. The van der Waals surface area contributed by atoms with Crippen molar-refractivity contribution in [1.29, 1.82) is 0 Å². The van der Waals surface area contributed by atoms with E-state index in [-0.39, 0.29) is 18.7 Å². The van der Waals surface area contributed by atoms with Crippen molar-refractivity contribution in [2.75, 3.05) is 26.2 Å². The molecule has 0 spiro atoms. The molecule has 1 aromatic rings. The van der Waals surface area contributed by atoms with Crippen LogP contribution in [0.3, 0.4) is 0 Å². The van der Waals surface area contributed by atoms with E-state index < -0.39 is 12.7 Å². The Morgan fingerprint density at radius 3 is 2.33 bits per heavy atom. The van der Waals surface area contributed by atoms with Crippen molar-refractivity contribution in [1.82, 2.24) is 10.2 Å². The van der Waals surface area contributed by atoms with E-state index in [1.54, 1.807) is 0 Å². The van der Waals surface area contributed by atoms with Crippen molar-refractivity contribution in [3.05, 3.63) is 35.9 Å². The fourth-order valence-corrected chi connectivity index (χ4v) is 2.74. The molecule has 0 amide bonds. The number of aliphatic hydroxyl groups is 1. The molecule has 21 heavy (non-hydrogen) atoms. The lowest BCUT2D eigenvalue weighted by molar-refractivity contribution is -0.148. The second-order valence-corrected chi connectivity index (χ2v) is 5.48. The number of nitrogens with one attached hydrogen (secondary N) is 1. The average Bonchev–Trinajstić information content (AvgIpc) is 2.46. The maximum absolute atomic E-state index is 12.3. The standard InChI is InChI=1S/C15H21F3N2O/c16-15(17,18)11-20-8-6-13(7-9-20)19-14(10-21)12-4-2-1-3-5-12/h1-5,13-14,19,21H,6-11H2/t14-/m1/s1. The van der Waals surface area contributed by atoms with Crippen molar-refractivity contribution in [2.24, 2.45) is 0 Å². The second-order valence-electron chi connectivity index (χ2n) is 5.48. The van der Waals surface area contributed by atoms with Crippen molar-refractivity contribution in [3.8, 4) is 0 Å². The molecule has 0 saturated carbocycles. The Bertz CT molecular complexity index is 417. The molecule has 2 N–H and O–H groups in total. The second kappa shape index (κ2) is 7.24. The molecule has 0 unspecified atom stereocenters. The minimum atomic E-state index is -4.13. The van der Waals surface area contributed by atoms with Gasteiger partial charge in [-0.15, -0.1) is 0 Å². The fraction of sp³-hybridized carbons (Fsp3) is 0.600. The quantitative estimate of drug-likeness (QED) is 0.876. The summed E-state index contributed by atoms with van der Waals surface area (Å²) in [5, 5.41) is 12.8. The minimum absolute atomic E-state index is 0.0211. The van der Waals surface area contributed by atoms with E-state index in [9.17, 15) is 18.3 Å². The highest BCUT2D eigenvalue weighted by molar-refractivity contribution is 5.19. The predicted octanol–water partition coefficient (Wildman–Crippen LogP) is 2.34. The zero-order chi connectivity index (χ0) is 15.3. The van der Waals surface area contributed by atoms with Crippen molar-refractivity contribution in [2.45, 2.75) is 31.1 Å². The minimum Gasteiger partial charge on any atom is -0.394 e. The first-order valence-electron chi connectivity index (χ1n) is 7.19. The maximum Gasteiger partial charge on any atom is 0.401 e. The summed E-state index contributed by atoms with van der Waals surface area (Å²) in [5.41, 5.74) is 0.998. The van der Waals surface area contributed by atoms with Gasteiger partial charge in [-0.05, 0) is 31.5 Å². The summed E-state index contributed by atoms with van der Waals surface area (Å²) in [7, 11) is 0. The third-order valence-corrected chi connectivity index (χ3v) is 3.81. The molecule has 2 rings (SSSR count). The molecular formula is C15H21F3N2O. The molecule has 0 aliphatic carbocycles. The molecule has 0 bridgehead atoms. The summed E-state index contributed by atoms with van der Waals surface area (Å²) >= 11 is 0. The number of nitrogens with zero attached hydrogens (tertiary/aromatic N) is 1. The van der Waals surface area contributed by atoms with Crippen molar-refractivity contribution in [3.63, 3.8) is 0 Å². The van der Waals surface area contributed by atoms with E-state index in [2.05, 4.69) is 5.32 Å². The van der Waals surface area contributed by atoms with Gasteiger partial charge in [-0.2, -0.15) is 13.2 Å². The molecule has 1 heterocycles. The molecule has 1 saturated heterocycles. The first kappa shape index (κ1) is 16.3. The van der Waals surface area contributed by atoms with Crippen LogP contribution in [0.2, 0.25) is 0 Å². The van der Waals surface area contributed by atoms with Crippen LogP contribution in [-0.2, 0) is 0 Å². The van der Waals surface area contributed by atoms with Crippen molar-refractivity contribution < 1.29 is 18.3 Å². The summed E-state index contributed by atoms with van der Waals surface area (Å²) in [6, 6.07) is 9.58. The molecule has 1 aliphatic rings. The first-order chi connectivity index (χ1) is 9.98. The van der Waals surface area contributed by atoms with Crippen LogP contribution in [0, 0.1) is 0 Å². The van der Waals surface area contributed by atoms with Crippen molar-refractivity contribution >= 4 is 0 Å². The summed E-state index contributed by atoms with van der Waals surface area (Å²) in [6.45, 7) is 0.0167. The van der Waals surface area contributed by atoms with Gasteiger partial charge in [-0.25, -0.2) is 0 Å². The molecule has 0 aromatic heterocycles. The van der Waals surface area contributed by atoms with Crippen LogP contribution in [0.15, 0.2) is 30.3 Å². The fourth-order valence-electron chi connectivity index (χ4n) is 2.74. The number of benzene rings is 1. The molecule has 0 radical (unpaired) electrons. The van der Waals surface area contributed by atoms with E-state index in [1.165, 1.54) is 4.90 Å². The van der Waals surface area contributed by atoms with Crippen LogP contribution in [0.25, 0.3) is 0 Å². The monoisotopic (exact) mass is 302 g/mol. The van der Waals surface area contributed by atoms with Crippen LogP contribution in [0.4, 0.5) is 13.2 Å². The number of aliphatic hydroxyl groups excluding tert-OH is 1. The summed E-state index contributed by atoms with van der Waals surface area (Å²) < 4.78 is 37.0. The van der Waals surface area contributed by atoms with Gasteiger partial charge in [0.25, 0.3) is 0 Å². The molecule has 6 heteroatoms. The van der Waals surface area contributed by atoms with Crippen LogP contribution in [0.5, 0.6) is 0 Å². The third kappa shape index (κ3) is 5.30. The number of alkyl halides is 3. The Morgan fingerprint density at radius 1 is 1.19 bits per heavy atom. The van der Waals surface area contributed by atoms with E-state index in [1.807, 2.05) is 30.3 Å². The van der Waals surface area contributed by atoms with Gasteiger partial charge in [0.15, 0.2) is 0 Å².